The Hall–Kier alpha value is -2.11. The summed E-state index contributed by atoms with van der Waals surface area (Å²) >= 11 is 7.50. The molecule has 1 aliphatic carbocycles. The van der Waals surface area contributed by atoms with Gasteiger partial charge in [-0.1, -0.05) is 44.5 Å². The van der Waals surface area contributed by atoms with Crippen molar-refractivity contribution in [3.05, 3.63) is 51.5 Å². The molecular weight excluding hydrogens is 390 g/mol. The number of carbonyl (C=O) groups excluding carboxylic acids is 1. The van der Waals surface area contributed by atoms with Crippen LogP contribution in [0.2, 0.25) is 5.02 Å². The molecule has 4 rings (SSSR count). The number of rotatable bonds is 2. The van der Waals surface area contributed by atoms with Crippen LogP contribution in [-0.2, 0) is 12.8 Å². The van der Waals surface area contributed by atoms with Gasteiger partial charge in [0.2, 0.25) is 0 Å². The van der Waals surface area contributed by atoms with E-state index in [2.05, 4.69) is 32.2 Å². The van der Waals surface area contributed by atoms with E-state index in [1.54, 1.807) is 12.1 Å². The fourth-order valence-electron chi connectivity index (χ4n) is 3.84. The molecule has 2 heterocycles. The molecule has 0 saturated carbocycles. The molecule has 146 valence electrons. The van der Waals surface area contributed by atoms with E-state index in [9.17, 15) is 4.79 Å². The standard InChI is InChI=1S/C22H24ClN3OS/c1-22(2,3)13-8-9-16-12(10-13)11-14-18(24)19(28-21(14)26-16)20(27)25-17-7-5-4-6-15(17)23/h4-7,11,13H,8-10,24H2,1-3H3,(H,25,27). The summed E-state index contributed by atoms with van der Waals surface area (Å²) in [6.45, 7) is 6.89. The third kappa shape index (κ3) is 3.49. The zero-order valence-corrected chi connectivity index (χ0v) is 17.9. The number of nitrogens with one attached hydrogen (secondary N) is 1. The van der Waals surface area contributed by atoms with Gasteiger partial charge in [0.25, 0.3) is 5.91 Å². The van der Waals surface area contributed by atoms with E-state index >= 15 is 0 Å². The highest BCUT2D eigenvalue weighted by molar-refractivity contribution is 7.21. The molecule has 3 N–H and O–H groups in total. The fourth-order valence-corrected chi connectivity index (χ4v) is 5.01. The highest BCUT2D eigenvalue weighted by Crippen LogP contribution is 2.40. The molecule has 0 fully saturated rings. The van der Waals surface area contributed by atoms with Crippen LogP contribution in [0.15, 0.2) is 30.3 Å². The maximum atomic E-state index is 12.8. The number of benzene rings is 1. The SMILES string of the molecule is CC(C)(C)C1CCc2nc3sc(C(=O)Nc4ccccc4Cl)c(N)c3cc2C1. The van der Waals surface area contributed by atoms with Crippen LogP contribution in [0.3, 0.4) is 0 Å². The van der Waals surface area contributed by atoms with Gasteiger partial charge in [0.15, 0.2) is 0 Å². The lowest BCUT2D eigenvalue weighted by atomic mass is 9.71. The van der Waals surface area contributed by atoms with Gasteiger partial charge in [-0.25, -0.2) is 4.98 Å². The van der Waals surface area contributed by atoms with Crippen LogP contribution in [0.25, 0.3) is 10.2 Å². The zero-order chi connectivity index (χ0) is 20.1. The number of pyridine rings is 1. The van der Waals surface area contributed by atoms with Crippen LogP contribution in [0.4, 0.5) is 11.4 Å². The first-order chi connectivity index (χ1) is 13.2. The molecule has 28 heavy (non-hydrogen) atoms. The lowest BCUT2D eigenvalue weighted by molar-refractivity contribution is 0.103. The number of hydrogen-bond acceptors (Lipinski definition) is 4. The van der Waals surface area contributed by atoms with Crippen LogP contribution >= 0.6 is 22.9 Å². The molecule has 1 unspecified atom stereocenters. The molecule has 0 bridgehead atoms. The van der Waals surface area contributed by atoms with Gasteiger partial charge >= 0.3 is 0 Å². The van der Waals surface area contributed by atoms with Crippen molar-refractivity contribution in [2.24, 2.45) is 11.3 Å². The number of aromatic nitrogens is 1. The minimum absolute atomic E-state index is 0.251. The Morgan fingerprint density at radius 3 is 2.79 bits per heavy atom. The summed E-state index contributed by atoms with van der Waals surface area (Å²) in [7, 11) is 0. The highest BCUT2D eigenvalue weighted by Gasteiger charge is 2.30. The van der Waals surface area contributed by atoms with E-state index < -0.39 is 0 Å². The van der Waals surface area contributed by atoms with Gasteiger partial charge in [0.05, 0.1) is 16.4 Å². The second-order valence-electron chi connectivity index (χ2n) is 8.53. The number of halogens is 1. The normalized spacial score (nSPS) is 16.8. The van der Waals surface area contributed by atoms with Gasteiger partial charge < -0.3 is 11.1 Å². The smallest absolute Gasteiger partial charge is 0.267 e. The minimum atomic E-state index is -0.251. The van der Waals surface area contributed by atoms with Crippen molar-refractivity contribution in [2.45, 2.75) is 40.0 Å². The number of aryl methyl sites for hydroxylation is 1. The number of anilines is 2. The van der Waals surface area contributed by atoms with Crippen molar-refractivity contribution < 1.29 is 4.79 Å². The summed E-state index contributed by atoms with van der Waals surface area (Å²) in [5.41, 5.74) is 10.1. The Balaban J connectivity index is 1.68. The Bertz CT molecular complexity index is 1070. The summed E-state index contributed by atoms with van der Waals surface area (Å²) in [6, 6.07) is 9.32. The molecule has 0 aliphatic heterocycles. The lowest BCUT2D eigenvalue weighted by Gasteiger charge is -2.34. The third-order valence-corrected chi connectivity index (χ3v) is 7.08. The monoisotopic (exact) mass is 413 g/mol. The molecule has 3 aromatic rings. The van der Waals surface area contributed by atoms with Crippen molar-refractivity contribution in [3.8, 4) is 0 Å². The minimum Gasteiger partial charge on any atom is -0.397 e. The Morgan fingerprint density at radius 2 is 2.07 bits per heavy atom. The summed E-state index contributed by atoms with van der Waals surface area (Å²) in [6.07, 6.45) is 3.14. The van der Waals surface area contributed by atoms with Crippen LogP contribution in [-0.4, -0.2) is 10.9 Å². The Labute approximate surface area is 174 Å². The first-order valence-electron chi connectivity index (χ1n) is 9.50. The molecule has 4 nitrogen and oxygen atoms in total. The van der Waals surface area contributed by atoms with E-state index in [4.69, 9.17) is 22.3 Å². The van der Waals surface area contributed by atoms with Crippen molar-refractivity contribution in [3.63, 3.8) is 0 Å². The second-order valence-corrected chi connectivity index (χ2v) is 9.94. The van der Waals surface area contributed by atoms with Gasteiger partial charge in [0, 0.05) is 11.1 Å². The number of nitrogens with two attached hydrogens (primary N) is 1. The van der Waals surface area contributed by atoms with Crippen LogP contribution in [0.5, 0.6) is 0 Å². The number of amides is 1. The van der Waals surface area contributed by atoms with Gasteiger partial charge in [-0.05, 0) is 54.4 Å². The molecule has 1 aromatic carbocycles. The first-order valence-corrected chi connectivity index (χ1v) is 10.7. The average Bonchev–Trinajstić information content (AvgIpc) is 2.96. The van der Waals surface area contributed by atoms with E-state index in [0.717, 1.165) is 35.2 Å². The number of fused-ring (bicyclic) bond motifs is 2. The van der Waals surface area contributed by atoms with Crippen LogP contribution < -0.4 is 11.1 Å². The molecule has 6 heteroatoms. The maximum absolute atomic E-state index is 12.8. The molecule has 1 aliphatic rings. The van der Waals surface area contributed by atoms with E-state index in [1.165, 1.54) is 16.9 Å². The summed E-state index contributed by atoms with van der Waals surface area (Å²) in [5, 5.41) is 4.23. The van der Waals surface area contributed by atoms with Gasteiger partial charge in [-0.3, -0.25) is 4.79 Å². The second kappa shape index (κ2) is 7.05. The zero-order valence-electron chi connectivity index (χ0n) is 16.3. The van der Waals surface area contributed by atoms with Crippen LogP contribution in [0.1, 0.15) is 48.1 Å². The molecule has 0 radical (unpaired) electrons. The largest absolute Gasteiger partial charge is 0.397 e. The predicted molar refractivity (Wildman–Crippen MR) is 118 cm³/mol. The Morgan fingerprint density at radius 1 is 1.32 bits per heavy atom. The van der Waals surface area contributed by atoms with Gasteiger partial charge in [-0.2, -0.15) is 0 Å². The van der Waals surface area contributed by atoms with Crippen molar-refractivity contribution in [1.29, 1.82) is 0 Å². The van der Waals surface area contributed by atoms with Gasteiger partial charge in [0.1, 0.15) is 9.71 Å². The quantitative estimate of drug-likeness (QED) is 0.546. The van der Waals surface area contributed by atoms with E-state index in [-0.39, 0.29) is 11.3 Å². The van der Waals surface area contributed by atoms with E-state index in [0.29, 0.717) is 27.2 Å². The molecule has 1 amide bonds. The fraction of sp³-hybridized carbons (Fsp3) is 0.364. The molecule has 2 aromatic heterocycles. The molecule has 0 saturated heterocycles. The molecule has 1 atom stereocenters. The highest BCUT2D eigenvalue weighted by atomic mass is 35.5. The van der Waals surface area contributed by atoms with E-state index in [1.807, 2.05) is 12.1 Å². The molecule has 0 spiro atoms. The number of nitrogen functional groups attached to an aromatic ring is 1. The predicted octanol–water partition coefficient (Wildman–Crippen LogP) is 5.94. The van der Waals surface area contributed by atoms with Crippen molar-refractivity contribution in [2.75, 3.05) is 11.1 Å². The maximum Gasteiger partial charge on any atom is 0.267 e. The topological polar surface area (TPSA) is 68.0 Å². The third-order valence-electron chi connectivity index (χ3n) is 5.64. The summed E-state index contributed by atoms with van der Waals surface area (Å²) in [4.78, 5) is 19.0. The number of nitrogens with zero attached hydrogens (tertiary/aromatic N) is 1. The number of thiophene rings is 1. The Kier molecular flexibility index (Phi) is 4.84. The van der Waals surface area contributed by atoms with Crippen LogP contribution in [0, 0.1) is 11.3 Å². The summed E-state index contributed by atoms with van der Waals surface area (Å²) < 4.78 is 0. The van der Waals surface area contributed by atoms with Crippen molar-refractivity contribution >= 4 is 50.4 Å². The number of hydrogen-bond donors (Lipinski definition) is 2. The van der Waals surface area contributed by atoms with Gasteiger partial charge in [-0.15, -0.1) is 11.3 Å². The number of carbonyl (C=O) groups is 1. The van der Waals surface area contributed by atoms with Crippen molar-refractivity contribution in [1.82, 2.24) is 4.98 Å². The summed E-state index contributed by atoms with van der Waals surface area (Å²) in [5.74, 6) is 0.376. The average molecular weight is 414 g/mol. The lowest BCUT2D eigenvalue weighted by Crippen LogP contribution is -2.27. The first kappa shape index (κ1) is 19.2. The number of para-hydroxylation sites is 1. The molecular formula is C22H24ClN3OS.